The average Bonchev–Trinajstić information content (AvgIpc) is 3.09. The lowest BCUT2D eigenvalue weighted by Crippen LogP contribution is -2.31. The first kappa shape index (κ1) is 13.6. The van der Waals surface area contributed by atoms with E-state index >= 15 is 0 Å². The number of rotatable bonds is 4. The van der Waals surface area contributed by atoms with Crippen molar-refractivity contribution >= 4 is 39.1 Å². The van der Waals surface area contributed by atoms with Crippen molar-refractivity contribution in [1.82, 2.24) is 0 Å². The van der Waals surface area contributed by atoms with E-state index in [1.54, 1.807) is 19.2 Å². The van der Waals surface area contributed by atoms with E-state index in [-0.39, 0.29) is 5.91 Å². The standard InChI is InChI=1S/C12H14BrClN2O2/c1-18-10-8(13)4-7(14)5-9(10)16-11(17)12(6-15)2-3-12/h4-5H,2-3,6,15H2,1H3,(H,16,17). The molecule has 2 rings (SSSR count). The molecule has 1 aromatic rings. The van der Waals surface area contributed by atoms with Crippen molar-refractivity contribution in [3.63, 3.8) is 0 Å². The number of hydrogen-bond acceptors (Lipinski definition) is 3. The number of hydrogen-bond donors (Lipinski definition) is 2. The van der Waals surface area contributed by atoms with Gasteiger partial charge < -0.3 is 15.8 Å². The van der Waals surface area contributed by atoms with E-state index in [4.69, 9.17) is 22.1 Å². The number of carbonyl (C=O) groups is 1. The maximum absolute atomic E-state index is 12.1. The highest BCUT2D eigenvalue weighted by Gasteiger charge is 2.48. The first-order valence-electron chi connectivity index (χ1n) is 5.57. The molecule has 3 N–H and O–H groups in total. The fraction of sp³-hybridized carbons (Fsp3) is 0.417. The summed E-state index contributed by atoms with van der Waals surface area (Å²) < 4.78 is 5.95. The van der Waals surface area contributed by atoms with Gasteiger partial charge in [-0.05, 0) is 40.9 Å². The number of nitrogens with two attached hydrogens (primary N) is 1. The molecule has 1 aromatic carbocycles. The Morgan fingerprint density at radius 2 is 2.28 bits per heavy atom. The fourth-order valence-electron chi connectivity index (χ4n) is 1.79. The Bertz CT molecular complexity index is 489. The van der Waals surface area contributed by atoms with Crippen LogP contribution in [0.4, 0.5) is 5.69 Å². The Morgan fingerprint density at radius 1 is 1.61 bits per heavy atom. The van der Waals surface area contributed by atoms with Crippen LogP contribution in [0.2, 0.25) is 5.02 Å². The summed E-state index contributed by atoms with van der Waals surface area (Å²) in [4.78, 5) is 12.1. The summed E-state index contributed by atoms with van der Waals surface area (Å²) in [6.07, 6.45) is 1.67. The number of methoxy groups -OCH3 is 1. The molecule has 1 aliphatic carbocycles. The summed E-state index contributed by atoms with van der Waals surface area (Å²) in [6.45, 7) is 0.364. The fourth-order valence-corrected chi connectivity index (χ4v) is 2.76. The largest absolute Gasteiger partial charge is 0.493 e. The summed E-state index contributed by atoms with van der Waals surface area (Å²) in [7, 11) is 1.54. The molecule has 1 aliphatic rings. The molecule has 0 heterocycles. The molecule has 4 nitrogen and oxygen atoms in total. The molecule has 0 atom stereocenters. The van der Waals surface area contributed by atoms with E-state index in [0.29, 0.717) is 27.5 Å². The number of amides is 1. The van der Waals surface area contributed by atoms with Gasteiger partial charge in [0.05, 0.1) is 22.7 Å². The van der Waals surface area contributed by atoms with E-state index in [2.05, 4.69) is 21.2 Å². The normalized spacial score (nSPS) is 16.2. The first-order chi connectivity index (χ1) is 8.52. The molecule has 0 radical (unpaired) electrons. The van der Waals surface area contributed by atoms with Crippen LogP contribution in [0.25, 0.3) is 0 Å². The van der Waals surface area contributed by atoms with Gasteiger partial charge in [-0.25, -0.2) is 0 Å². The molecule has 98 valence electrons. The molecule has 0 bridgehead atoms. The molecular formula is C12H14BrClN2O2. The first-order valence-corrected chi connectivity index (χ1v) is 6.74. The summed E-state index contributed by atoms with van der Waals surface area (Å²) in [5.41, 5.74) is 5.78. The molecule has 1 amide bonds. The number of anilines is 1. The number of nitrogens with one attached hydrogen (secondary N) is 1. The Hall–Kier alpha value is -0.780. The number of benzene rings is 1. The highest BCUT2D eigenvalue weighted by Crippen LogP contribution is 2.46. The van der Waals surface area contributed by atoms with Crippen LogP contribution >= 0.6 is 27.5 Å². The van der Waals surface area contributed by atoms with Crippen molar-refractivity contribution < 1.29 is 9.53 Å². The Morgan fingerprint density at radius 3 is 2.78 bits per heavy atom. The second-order valence-electron chi connectivity index (χ2n) is 4.41. The molecule has 6 heteroatoms. The Balaban J connectivity index is 2.26. The van der Waals surface area contributed by atoms with Crippen LogP contribution in [-0.4, -0.2) is 19.6 Å². The van der Waals surface area contributed by atoms with Gasteiger partial charge in [0.2, 0.25) is 5.91 Å². The van der Waals surface area contributed by atoms with Gasteiger partial charge in [-0.2, -0.15) is 0 Å². The van der Waals surface area contributed by atoms with Crippen LogP contribution in [0.5, 0.6) is 5.75 Å². The predicted molar refractivity (Wildman–Crippen MR) is 75.1 cm³/mol. The average molecular weight is 334 g/mol. The third kappa shape index (κ3) is 2.48. The summed E-state index contributed by atoms with van der Waals surface area (Å²) in [6, 6.07) is 3.38. The Labute approximate surface area is 119 Å². The van der Waals surface area contributed by atoms with E-state index in [0.717, 1.165) is 12.8 Å². The van der Waals surface area contributed by atoms with E-state index in [1.165, 1.54) is 0 Å². The van der Waals surface area contributed by atoms with E-state index < -0.39 is 5.41 Å². The van der Waals surface area contributed by atoms with Crippen molar-refractivity contribution in [2.24, 2.45) is 11.1 Å². The van der Waals surface area contributed by atoms with Crippen LogP contribution < -0.4 is 15.8 Å². The van der Waals surface area contributed by atoms with Crippen LogP contribution in [0.1, 0.15) is 12.8 Å². The lowest BCUT2D eigenvalue weighted by molar-refractivity contribution is -0.120. The lowest BCUT2D eigenvalue weighted by Gasteiger charge is -2.16. The minimum atomic E-state index is -0.403. The number of halogens is 2. The zero-order valence-corrected chi connectivity index (χ0v) is 12.3. The van der Waals surface area contributed by atoms with Crippen LogP contribution in [0, 0.1) is 5.41 Å². The van der Waals surface area contributed by atoms with Crippen molar-refractivity contribution in [3.8, 4) is 5.75 Å². The maximum Gasteiger partial charge on any atom is 0.231 e. The van der Waals surface area contributed by atoms with Gasteiger partial charge in [-0.3, -0.25) is 4.79 Å². The molecule has 1 saturated carbocycles. The highest BCUT2D eigenvalue weighted by molar-refractivity contribution is 9.10. The summed E-state index contributed by atoms with van der Waals surface area (Å²) in [5, 5.41) is 3.36. The molecule has 0 spiro atoms. The van der Waals surface area contributed by atoms with Crippen molar-refractivity contribution in [3.05, 3.63) is 21.6 Å². The number of ether oxygens (including phenoxy) is 1. The van der Waals surface area contributed by atoms with E-state index in [9.17, 15) is 4.79 Å². The molecule has 0 saturated heterocycles. The van der Waals surface area contributed by atoms with Crippen LogP contribution in [0.3, 0.4) is 0 Å². The van der Waals surface area contributed by atoms with Gasteiger partial charge in [0.15, 0.2) is 5.75 Å². The summed E-state index contributed by atoms with van der Waals surface area (Å²) in [5.74, 6) is 0.484. The van der Waals surface area contributed by atoms with Crippen molar-refractivity contribution in [1.29, 1.82) is 0 Å². The third-order valence-electron chi connectivity index (χ3n) is 3.19. The SMILES string of the molecule is COc1c(Br)cc(Cl)cc1NC(=O)C1(CN)CC1. The van der Waals surface area contributed by atoms with Crippen LogP contribution in [-0.2, 0) is 4.79 Å². The number of carbonyl (C=O) groups excluding carboxylic acids is 1. The van der Waals surface area contributed by atoms with E-state index in [1.807, 2.05) is 0 Å². The molecule has 0 aromatic heterocycles. The maximum atomic E-state index is 12.1. The zero-order valence-electron chi connectivity index (χ0n) is 9.93. The quantitative estimate of drug-likeness (QED) is 0.890. The summed E-state index contributed by atoms with van der Waals surface area (Å²) >= 11 is 9.31. The van der Waals surface area contributed by atoms with Gasteiger partial charge >= 0.3 is 0 Å². The van der Waals surface area contributed by atoms with Gasteiger partial charge in [0.1, 0.15) is 0 Å². The zero-order chi connectivity index (χ0) is 13.3. The second-order valence-corrected chi connectivity index (χ2v) is 5.70. The predicted octanol–water partition coefficient (Wildman–Crippen LogP) is 2.79. The Kier molecular flexibility index (Phi) is 3.84. The smallest absolute Gasteiger partial charge is 0.231 e. The van der Waals surface area contributed by atoms with Gasteiger partial charge in [-0.15, -0.1) is 0 Å². The van der Waals surface area contributed by atoms with Gasteiger partial charge in [0.25, 0.3) is 0 Å². The molecule has 1 fully saturated rings. The molecule has 0 aliphatic heterocycles. The molecular weight excluding hydrogens is 320 g/mol. The van der Waals surface area contributed by atoms with Crippen molar-refractivity contribution in [2.75, 3.05) is 19.0 Å². The van der Waals surface area contributed by atoms with Gasteiger partial charge in [-0.1, -0.05) is 11.6 Å². The monoisotopic (exact) mass is 332 g/mol. The molecule has 0 unspecified atom stereocenters. The minimum absolute atomic E-state index is 0.0718. The third-order valence-corrected chi connectivity index (χ3v) is 3.99. The van der Waals surface area contributed by atoms with Crippen molar-refractivity contribution in [2.45, 2.75) is 12.8 Å². The minimum Gasteiger partial charge on any atom is -0.493 e. The molecule has 18 heavy (non-hydrogen) atoms. The second kappa shape index (κ2) is 5.07. The topological polar surface area (TPSA) is 64.3 Å². The van der Waals surface area contributed by atoms with Crippen LogP contribution in [0.15, 0.2) is 16.6 Å². The lowest BCUT2D eigenvalue weighted by atomic mass is 10.1. The van der Waals surface area contributed by atoms with Gasteiger partial charge in [0, 0.05) is 11.6 Å². The highest BCUT2D eigenvalue weighted by atomic mass is 79.9.